The third-order valence-corrected chi connectivity index (χ3v) is 5.28. The molecular weight excluding hydrogens is 304 g/mol. The van der Waals surface area contributed by atoms with Gasteiger partial charge >= 0.3 is 0 Å². The Morgan fingerprint density at radius 2 is 2.17 bits per heavy atom. The minimum Gasteiger partial charge on any atom is -0.384 e. The molecule has 0 radical (unpaired) electrons. The molecule has 6 nitrogen and oxygen atoms in total. The van der Waals surface area contributed by atoms with Gasteiger partial charge in [-0.3, -0.25) is 4.90 Å². The van der Waals surface area contributed by atoms with Gasteiger partial charge in [-0.2, -0.15) is 0 Å². The van der Waals surface area contributed by atoms with Gasteiger partial charge in [0.2, 0.25) is 0 Å². The van der Waals surface area contributed by atoms with E-state index in [2.05, 4.69) is 14.6 Å². The number of imidazole rings is 1. The van der Waals surface area contributed by atoms with Crippen molar-refractivity contribution in [3.63, 3.8) is 0 Å². The third kappa shape index (κ3) is 3.00. The fraction of sp³-hybridized carbons (Fsp3) is 0.667. The van der Waals surface area contributed by atoms with Gasteiger partial charge in [0.25, 0.3) is 0 Å². The van der Waals surface area contributed by atoms with E-state index in [-0.39, 0.29) is 0 Å². The van der Waals surface area contributed by atoms with Crippen molar-refractivity contribution in [3.8, 4) is 0 Å². The second kappa shape index (κ2) is 6.33. The molecule has 1 fully saturated rings. The lowest BCUT2D eigenvalue weighted by Gasteiger charge is -2.33. The van der Waals surface area contributed by atoms with Crippen molar-refractivity contribution in [2.45, 2.75) is 52.2 Å². The molecule has 0 N–H and O–H groups in total. The molecule has 0 bridgehead atoms. The van der Waals surface area contributed by atoms with Crippen LogP contribution in [0.2, 0.25) is 0 Å². The molecule has 0 aromatic carbocycles. The normalized spacial score (nSPS) is 21.2. The maximum absolute atomic E-state index is 5.52. The summed E-state index contributed by atoms with van der Waals surface area (Å²) in [6.07, 6.45) is 4.76. The molecule has 2 aliphatic rings. The number of hydrogen-bond acceptors (Lipinski definition) is 5. The highest BCUT2D eigenvalue weighted by molar-refractivity contribution is 5.25. The summed E-state index contributed by atoms with van der Waals surface area (Å²) >= 11 is 0. The van der Waals surface area contributed by atoms with Gasteiger partial charge in [0, 0.05) is 50.5 Å². The van der Waals surface area contributed by atoms with Gasteiger partial charge in [0.15, 0.2) is 0 Å². The molecule has 24 heavy (non-hydrogen) atoms. The topological polar surface area (TPSA) is 56.3 Å². The fourth-order valence-corrected chi connectivity index (χ4v) is 3.83. The number of fused-ring (bicyclic) bond motifs is 1. The van der Waals surface area contributed by atoms with Gasteiger partial charge < -0.3 is 13.8 Å². The van der Waals surface area contributed by atoms with E-state index < -0.39 is 0 Å². The van der Waals surface area contributed by atoms with Crippen molar-refractivity contribution in [1.82, 2.24) is 19.6 Å². The second-order valence-corrected chi connectivity index (χ2v) is 7.30. The smallest absolute Gasteiger partial charge is 0.138 e. The van der Waals surface area contributed by atoms with Crippen LogP contribution in [0.15, 0.2) is 10.9 Å². The SMILES string of the molecule is COC[C@H]1CN(Cc2c(C)noc2C)Cc2ncn(CC3CC3)c21. The van der Waals surface area contributed by atoms with E-state index in [1.54, 1.807) is 7.11 Å². The molecule has 0 spiro atoms. The van der Waals surface area contributed by atoms with Crippen LogP contribution in [-0.2, 0) is 24.4 Å². The zero-order valence-electron chi connectivity index (χ0n) is 14.8. The Labute approximate surface area is 142 Å². The average molecular weight is 330 g/mol. The maximum Gasteiger partial charge on any atom is 0.138 e. The van der Waals surface area contributed by atoms with Gasteiger partial charge in [0.1, 0.15) is 5.76 Å². The molecule has 3 heterocycles. The summed E-state index contributed by atoms with van der Waals surface area (Å²) in [5, 5.41) is 4.08. The Balaban J connectivity index is 1.56. The lowest BCUT2D eigenvalue weighted by Crippen LogP contribution is -2.36. The Bertz CT molecular complexity index is 697. The lowest BCUT2D eigenvalue weighted by atomic mass is 9.98. The summed E-state index contributed by atoms with van der Waals surface area (Å²) < 4.78 is 13.2. The van der Waals surface area contributed by atoms with Crippen LogP contribution in [0.25, 0.3) is 0 Å². The van der Waals surface area contributed by atoms with Crippen LogP contribution in [0.1, 0.15) is 47.2 Å². The number of aryl methyl sites for hydroxylation is 2. The van der Waals surface area contributed by atoms with Crippen LogP contribution in [0, 0.1) is 19.8 Å². The molecule has 4 rings (SSSR count). The summed E-state index contributed by atoms with van der Waals surface area (Å²) in [4.78, 5) is 7.16. The first-order valence-electron chi connectivity index (χ1n) is 8.82. The van der Waals surface area contributed by atoms with Crippen molar-refractivity contribution in [2.24, 2.45) is 5.92 Å². The Morgan fingerprint density at radius 1 is 1.33 bits per heavy atom. The van der Waals surface area contributed by atoms with E-state index >= 15 is 0 Å². The van der Waals surface area contributed by atoms with E-state index in [0.29, 0.717) is 5.92 Å². The zero-order valence-corrected chi connectivity index (χ0v) is 14.8. The summed E-state index contributed by atoms with van der Waals surface area (Å²) in [5.41, 5.74) is 4.78. The number of nitrogens with zero attached hydrogens (tertiary/aromatic N) is 4. The van der Waals surface area contributed by atoms with Crippen molar-refractivity contribution >= 4 is 0 Å². The predicted molar refractivity (Wildman–Crippen MR) is 89.7 cm³/mol. The highest BCUT2D eigenvalue weighted by atomic mass is 16.5. The third-order valence-electron chi connectivity index (χ3n) is 5.28. The first kappa shape index (κ1) is 15.8. The molecule has 1 aliphatic heterocycles. The number of methoxy groups -OCH3 is 1. The number of aromatic nitrogens is 3. The maximum atomic E-state index is 5.52. The van der Waals surface area contributed by atoms with E-state index in [1.165, 1.54) is 29.8 Å². The van der Waals surface area contributed by atoms with Crippen LogP contribution >= 0.6 is 0 Å². The second-order valence-electron chi connectivity index (χ2n) is 7.30. The highest BCUT2D eigenvalue weighted by Gasteiger charge is 2.32. The van der Waals surface area contributed by atoms with E-state index in [9.17, 15) is 0 Å². The monoisotopic (exact) mass is 330 g/mol. The van der Waals surface area contributed by atoms with Crippen molar-refractivity contribution in [2.75, 3.05) is 20.3 Å². The minimum atomic E-state index is 0.375. The Kier molecular flexibility index (Phi) is 4.18. The van der Waals surface area contributed by atoms with Gasteiger partial charge in [-0.1, -0.05) is 5.16 Å². The standard InChI is InChI=1S/C18H26N4O2/c1-12-16(13(2)24-20-12)8-21-7-15(10-23-3)18-17(9-21)19-11-22(18)6-14-4-5-14/h11,14-15H,4-10H2,1-3H3/t15-/m1/s1. The predicted octanol–water partition coefficient (Wildman–Crippen LogP) is 2.64. The van der Waals surface area contributed by atoms with Crippen molar-refractivity contribution < 1.29 is 9.26 Å². The van der Waals surface area contributed by atoms with Gasteiger partial charge in [-0.25, -0.2) is 4.98 Å². The summed E-state index contributed by atoms with van der Waals surface area (Å²) in [5.74, 6) is 2.15. The quantitative estimate of drug-likeness (QED) is 0.815. The molecule has 1 saturated carbocycles. The molecule has 6 heteroatoms. The van der Waals surface area contributed by atoms with Gasteiger partial charge in [-0.15, -0.1) is 0 Å². The first-order valence-corrected chi connectivity index (χ1v) is 8.82. The molecule has 2 aromatic heterocycles. The number of ether oxygens (including phenoxy) is 1. The van der Waals surface area contributed by atoms with Crippen molar-refractivity contribution in [1.29, 1.82) is 0 Å². The van der Waals surface area contributed by atoms with E-state index in [4.69, 9.17) is 14.2 Å². The molecule has 2 aromatic rings. The molecule has 1 atom stereocenters. The molecule has 130 valence electrons. The minimum absolute atomic E-state index is 0.375. The molecule has 1 aliphatic carbocycles. The summed E-state index contributed by atoms with van der Waals surface area (Å²) in [6.45, 7) is 8.59. The highest BCUT2D eigenvalue weighted by Crippen LogP contribution is 2.35. The Morgan fingerprint density at radius 3 is 2.83 bits per heavy atom. The zero-order chi connectivity index (χ0) is 16.7. The van der Waals surface area contributed by atoms with Crippen molar-refractivity contribution in [3.05, 3.63) is 34.7 Å². The molecular formula is C18H26N4O2. The largest absolute Gasteiger partial charge is 0.384 e. The van der Waals surface area contributed by atoms with Crippen LogP contribution < -0.4 is 0 Å². The van der Waals surface area contributed by atoms with E-state index in [0.717, 1.165) is 50.2 Å². The first-order chi connectivity index (χ1) is 11.7. The fourth-order valence-electron chi connectivity index (χ4n) is 3.83. The van der Waals surface area contributed by atoms with Crippen LogP contribution in [-0.4, -0.2) is 39.9 Å². The summed E-state index contributed by atoms with van der Waals surface area (Å²) in [6, 6.07) is 0. The Hall–Kier alpha value is -1.66. The van der Waals surface area contributed by atoms with Crippen LogP contribution in [0.3, 0.4) is 0 Å². The molecule has 0 unspecified atom stereocenters. The molecule has 0 amide bonds. The van der Waals surface area contributed by atoms with Crippen LogP contribution in [0.5, 0.6) is 0 Å². The van der Waals surface area contributed by atoms with Gasteiger partial charge in [-0.05, 0) is 32.6 Å². The lowest BCUT2D eigenvalue weighted by molar-refractivity contribution is 0.131. The molecule has 0 saturated heterocycles. The number of hydrogen-bond donors (Lipinski definition) is 0. The van der Waals surface area contributed by atoms with Crippen LogP contribution in [0.4, 0.5) is 0 Å². The average Bonchev–Trinajstić information content (AvgIpc) is 3.21. The summed E-state index contributed by atoms with van der Waals surface area (Å²) in [7, 11) is 1.79. The van der Waals surface area contributed by atoms with Gasteiger partial charge in [0.05, 0.1) is 24.3 Å². The van der Waals surface area contributed by atoms with E-state index in [1.807, 2.05) is 20.2 Å². The number of rotatable bonds is 6.